The summed E-state index contributed by atoms with van der Waals surface area (Å²) in [5, 5.41) is 15.5. The maximum atomic E-state index is 12.8. The van der Waals surface area contributed by atoms with Crippen LogP contribution in [0.5, 0.6) is 0 Å². The highest BCUT2D eigenvalue weighted by atomic mass is 79.9. The van der Waals surface area contributed by atoms with E-state index in [0.717, 1.165) is 15.7 Å². The quantitative estimate of drug-likeness (QED) is 0.296. The Hall–Kier alpha value is -2.65. The molecule has 186 valence electrons. The standard InChI is InChI=1S/C26H32BrN5O2S/c1-6-32-24(23(17(4)5)29-25(34)18-10-8-7-9-11-18)30-31-26(32)35-15-22(33)28-21-13-12-19(27)14-20(21)16(2)3/h7-14,16-17,23H,6,15H2,1-5H3,(H,28,33)(H,29,34). The van der Waals surface area contributed by atoms with Gasteiger partial charge >= 0.3 is 0 Å². The fourth-order valence-electron chi connectivity index (χ4n) is 3.72. The lowest BCUT2D eigenvalue weighted by Gasteiger charge is -2.22. The van der Waals surface area contributed by atoms with Crippen LogP contribution < -0.4 is 10.6 Å². The largest absolute Gasteiger partial charge is 0.342 e. The highest BCUT2D eigenvalue weighted by Gasteiger charge is 2.26. The van der Waals surface area contributed by atoms with Gasteiger partial charge in [-0.25, -0.2) is 0 Å². The molecule has 0 bridgehead atoms. The molecule has 0 spiro atoms. The highest BCUT2D eigenvalue weighted by molar-refractivity contribution is 9.10. The molecule has 2 N–H and O–H groups in total. The first-order chi connectivity index (χ1) is 16.7. The van der Waals surface area contributed by atoms with E-state index in [1.807, 2.05) is 61.7 Å². The summed E-state index contributed by atoms with van der Waals surface area (Å²) in [5.74, 6) is 1.01. The molecule has 0 saturated carbocycles. The number of thioether (sulfide) groups is 1. The van der Waals surface area contributed by atoms with Crippen molar-refractivity contribution in [1.29, 1.82) is 0 Å². The van der Waals surface area contributed by atoms with Gasteiger partial charge in [0, 0.05) is 22.3 Å². The number of halogens is 1. The van der Waals surface area contributed by atoms with Gasteiger partial charge in [0.15, 0.2) is 11.0 Å². The van der Waals surface area contributed by atoms with Crippen LogP contribution in [0.15, 0.2) is 58.2 Å². The molecule has 3 aromatic rings. The minimum atomic E-state index is -0.310. The van der Waals surface area contributed by atoms with Gasteiger partial charge in [-0.05, 0) is 54.7 Å². The zero-order valence-electron chi connectivity index (χ0n) is 20.7. The molecule has 2 aromatic carbocycles. The van der Waals surface area contributed by atoms with Crippen LogP contribution in [-0.4, -0.2) is 32.3 Å². The first-order valence-corrected chi connectivity index (χ1v) is 13.5. The maximum Gasteiger partial charge on any atom is 0.251 e. The average molecular weight is 559 g/mol. The number of nitrogens with one attached hydrogen (secondary N) is 2. The first-order valence-electron chi connectivity index (χ1n) is 11.7. The topological polar surface area (TPSA) is 88.9 Å². The summed E-state index contributed by atoms with van der Waals surface area (Å²) in [6.07, 6.45) is 0. The molecule has 0 saturated heterocycles. The number of anilines is 1. The number of aromatic nitrogens is 3. The third kappa shape index (κ3) is 6.95. The van der Waals surface area contributed by atoms with E-state index in [0.29, 0.717) is 23.1 Å². The molecule has 2 amide bonds. The van der Waals surface area contributed by atoms with E-state index in [-0.39, 0.29) is 35.4 Å². The van der Waals surface area contributed by atoms with Gasteiger partial charge in [-0.1, -0.05) is 73.6 Å². The number of rotatable bonds is 10. The number of benzene rings is 2. The lowest BCUT2D eigenvalue weighted by Crippen LogP contribution is -2.33. The second-order valence-corrected chi connectivity index (χ2v) is 10.7. The Kier molecular flexibility index (Phi) is 9.51. The molecule has 0 fully saturated rings. The van der Waals surface area contributed by atoms with Crippen molar-refractivity contribution in [3.63, 3.8) is 0 Å². The van der Waals surface area contributed by atoms with Crippen LogP contribution in [0.25, 0.3) is 0 Å². The van der Waals surface area contributed by atoms with Crippen LogP contribution in [0.1, 0.15) is 68.3 Å². The van der Waals surface area contributed by atoms with E-state index in [4.69, 9.17) is 0 Å². The summed E-state index contributed by atoms with van der Waals surface area (Å²) in [6, 6.07) is 14.7. The van der Waals surface area contributed by atoms with Gasteiger partial charge in [0.1, 0.15) is 0 Å². The van der Waals surface area contributed by atoms with Crippen LogP contribution in [0.3, 0.4) is 0 Å². The molecule has 1 atom stereocenters. The SMILES string of the molecule is CCn1c(SCC(=O)Nc2ccc(Br)cc2C(C)C)nnc1C(NC(=O)c1ccccc1)C(C)C. The smallest absolute Gasteiger partial charge is 0.251 e. The van der Waals surface area contributed by atoms with Crippen molar-refractivity contribution >= 4 is 45.2 Å². The van der Waals surface area contributed by atoms with Crippen molar-refractivity contribution in [3.05, 3.63) is 70.0 Å². The Morgan fingerprint density at radius 3 is 2.40 bits per heavy atom. The van der Waals surface area contributed by atoms with Crippen molar-refractivity contribution < 1.29 is 9.59 Å². The van der Waals surface area contributed by atoms with Gasteiger partial charge in [-0.15, -0.1) is 10.2 Å². The molecule has 0 aliphatic heterocycles. The number of hydrogen-bond donors (Lipinski definition) is 2. The van der Waals surface area contributed by atoms with E-state index in [9.17, 15) is 9.59 Å². The molecule has 7 nitrogen and oxygen atoms in total. The van der Waals surface area contributed by atoms with Crippen molar-refractivity contribution in [3.8, 4) is 0 Å². The Labute approximate surface area is 219 Å². The number of carbonyl (C=O) groups excluding carboxylic acids is 2. The number of nitrogens with zero attached hydrogens (tertiary/aromatic N) is 3. The van der Waals surface area contributed by atoms with Crippen molar-refractivity contribution in [1.82, 2.24) is 20.1 Å². The summed E-state index contributed by atoms with van der Waals surface area (Å²) in [4.78, 5) is 25.5. The summed E-state index contributed by atoms with van der Waals surface area (Å²) in [6.45, 7) is 10.9. The number of amides is 2. The van der Waals surface area contributed by atoms with Crippen molar-refractivity contribution in [2.75, 3.05) is 11.1 Å². The summed E-state index contributed by atoms with van der Waals surface area (Å²) in [5.41, 5.74) is 2.49. The molecule has 9 heteroatoms. The molecule has 1 heterocycles. The van der Waals surface area contributed by atoms with Crippen molar-refractivity contribution in [2.45, 2.75) is 58.3 Å². The number of hydrogen-bond acceptors (Lipinski definition) is 5. The molecule has 35 heavy (non-hydrogen) atoms. The molecule has 0 radical (unpaired) electrons. The predicted molar refractivity (Wildman–Crippen MR) is 145 cm³/mol. The fourth-order valence-corrected chi connectivity index (χ4v) is 4.91. The second kappa shape index (κ2) is 12.4. The van der Waals surface area contributed by atoms with Gasteiger partial charge in [0.05, 0.1) is 11.8 Å². The van der Waals surface area contributed by atoms with Gasteiger partial charge in [-0.3, -0.25) is 9.59 Å². The summed E-state index contributed by atoms with van der Waals surface area (Å²) in [7, 11) is 0. The van der Waals surface area contributed by atoms with Gasteiger partial charge in [0.25, 0.3) is 5.91 Å². The molecule has 1 unspecified atom stereocenters. The minimum Gasteiger partial charge on any atom is -0.342 e. The van der Waals surface area contributed by atoms with E-state index in [1.165, 1.54) is 11.8 Å². The highest BCUT2D eigenvalue weighted by Crippen LogP contribution is 2.29. The Morgan fingerprint density at radius 2 is 1.77 bits per heavy atom. The first kappa shape index (κ1) is 26.9. The van der Waals surface area contributed by atoms with E-state index >= 15 is 0 Å². The Balaban J connectivity index is 1.72. The molecular formula is C26H32BrN5O2S. The van der Waals surface area contributed by atoms with Crippen LogP contribution >= 0.6 is 27.7 Å². The van der Waals surface area contributed by atoms with E-state index in [2.05, 4.69) is 50.6 Å². The Morgan fingerprint density at radius 1 is 1.06 bits per heavy atom. The Bertz CT molecular complexity index is 1160. The lowest BCUT2D eigenvalue weighted by molar-refractivity contribution is -0.113. The molecule has 3 rings (SSSR count). The van der Waals surface area contributed by atoms with Crippen LogP contribution in [0.4, 0.5) is 5.69 Å². The normalized spacial score (nSPS) is 12.1. The predicted octanol–water partition coefficient (Wildman–Crippen LogP) is 6.04. The van der Waals surface area contributed by atoms with E-state index < -0.39 is 0 Å². The maximum absolute atomic E-state index is 12.8. The average Bonchev–Trinajstić information content (AvgIpc) is 3.24. The molecule has 0 aliphatic carbocycles. The zero-order chi connectivity index (χ0) is 25.5. The van der Waals surface area contributed by atoms with Crippen LogP contribution in [0, 0.1) is 5.92 Å². The monoisotopic (exact) mass is 557 g/mol. The zero-order valence-corrected chi connectivity index (χ0v) is 23.1. The van der Waals surface area contributed by atoms with Crippen LogP contribution in [-0.2, 0) is 11.3 Å². The fraction of sp³-hybridized carbons (Fsp3) is 0.385. The molecular weight excluding hydrogens is 526 g/mol. The summed E-state index contributed by atoms with van der Waals surface area (Å²) < 4.78 is 2.95. The molecule has 1 aromatic heterocycles. The number of carbonyl (C=O) groups is 2. The minimum absolute atomic E-state index is 0.102. The van der Waals surface area contributed by atoms with E-state index in [1.54, 1.807) is 12.1 Å². The second-order valence-electron chi connectivity index (χ2n) is 8.87. The molecule has 0 aliphatic rings. The third-order valence-corrected chi connectivity index (χ3v) is 7.03. The van der Waals surface area contributed by atoms with Gasteiger partial charge < -0.3 is 15.2 Å². The van der Waals surface area contributed by atoms with Gasteiger partial charge in [-0.2, -0.15) is 0 Å². The van der Waals surface area contributed by atoms with Gasteiger partial charge in [0.2, 0.25) is 5.91 Å². The lowest BCUT2D eigenvalue weighted by atomic mass is 10.0. The summed E-state index contributed by atoms with van der Waals surface area (Å²) >= 11 is 4.84. The third-order valence-electron chi connectivity index (χ3n) is 5.57. The van der Waals surface area contributed by atoms with Crippen molar-refractivity contribution in [2.24, 2.45) is 5.92 Å². The van der Waals surface area contributed by atoms with Crippen LogP contribution in [0.2, 0.25) is 0 Å².